The molecule has 19 heavy (non-hydrogen) atoms. The fourth-order valence-corrected chi connectivity index (χ4v) is 3.04. The molecule has 0 saturated heterocycles. The molecule has 3 N–H and O–H groups in total. The number of hydrogen-bond donors (Lipinski definition) is 2. The molecule has 1 aromatic carbocycles. The summed E-state index contributed by atoms with van der Waals surface area (Å²) < 4.78 is 0.987. The van der Waals surface area contributed by atoms with E-state index in [1.807, 2.05) is 18.2 Å². The van der Waals surface area contributed by atoms with E-state index in [0.717, 1.165) is 15.9 Å². The predicted octanol–water partition coefficient (Wildman–Crippen LogP) is 3.86. The van der Waals surface area contributed by atoms with Crippen LogP contribution in [-0.4, -0.2) is 15.2 Å². The third-order valence-electron chi connectivity index (χ3n) is 3.75. The van der Waals surface area contributed by atoms with Gasteiger partial charge >= 0.3 is 0 Å². The highest BCUT2D eigenvalue weighted by Crippen LogP contribution is 2.32. The number of nitrogens with two attached hydrogens (primary N) is 1. The van der Waals surface area contributed by atoms with Gasteiger partial charge in [-0.25, -0.2) is 4.98 Å². The molecule has 1 aliphatic rings. The third kappa shape index (κ3) is 2.66. The van der Waals surface area contributed by atoms with Crippen molar-refractivity contribution in [2.24, 2.45) is 0 Å². The second-order valence-corrected chi connectivity index (χ2v) is 6.03. The molecule has 0 aliphatic heterocycles. The summed E-state index contributed by atoms with van der Waals surface area (Å²) in [5.74, 6) is 2.23. The zero-order chi connectivity index (χ0) is 13.2. The van der Waals surface area contributed by atoms with Crippen LogP contribution >= 0.6 is 15.9 Å². The molecule has 0 bridgehead atoms. The van der Waals surface area contributed by atoms with Gasteiger partial charge in [-0.3, -0.25) is 5.10 Å². The van der Waals surface area contributed by atoms with E-state index in [-0.39, 0.29) is 0 Å². The van der Waals surface area contributed by atoms with Crippen molar-refractivity contribution in [3.05, 3.63) is 28.5 Å². The molecular weight excluding hydrogens is 304 g/mol. The van der Waals surface area contributed by atoms with Crippen molar-refractivity contribution >= 4 is 21.6 Å². The van der Waals surface area contributed by atoms with E-state index in [9.17, 15) is 0 Å². The van der Waals surface area contributed by atoms with E-state index >= 15 is 0 Å². The summed E-state index contributed by atoms with van der Waals surface area (Å²) in [5, 5.41) is 7.42. The van der Waals surface area contributed by atoms with E-state index in [2.05, 4.69) is 31.1 Å². The highest BCUT2D eigenvalue weighted by atomic mass is 79.9. The molecule has 3 rings (SSSR count). The Balaban J connectivity index is 1.89. The maximum absolute atomic E-state index is 5.99. The van der Waals surface area contributed by atoms with Crippen molar-refractivity contribution in [3.63, 3.8) is 0 Å². The second-order valence-electron chi connectivity index (χ2n) is 5.11. The molecule has 0 unspecified atom stereocenters. The number of aromatic amines is 1. The summed E-state index contributed by atoms with van der Waals surface area (Å²) in [6.45, 7) is 0. The molecule has 1 saturated carbocycles. The van der Waals surface area contributed by atoms with Gasteiger partial charge in [0, 0.05) is 21.6 Å². The zero-order valence-corrected chi connectivity index (χ0v) is 12.3. The molecular formula is C14H17BrN4. The number of anilines is 1. The van der Waals surface area contributed by atoms with Gasteiger partial charge in [-0.15, -0.1) is 0 Å². The van der Waals surface area contributed by atoms with Gasteiger partial charge in [0.1, 0.15) is 5.82 Å². The lowest BCUT2D eigenvalue weighted by atomic mass is 9.89. The maximum Gasteiger partial charge on any atom is 0.183 e. The Labute approximate surface area is 120 Å². The van der Waals surface area contributed by atoms with Crippen LogP contribution in [0.25, 0.3) is 11.4 Å². The van der Waals surface area contributed by atoms with E-state index < -0.39 is 0 Å². The molecule has 5 heteroatoms. The Bertz CT molecular complexity index is 573. The van der Waals surface area contributed by atoms with Gasteiger partial charge in [0.25, 0.3) is 0 Å². The third-order valence-corrected chi connectivity index (χ3v) is 4.24. The SMILES string of the molecule is Nc1ccc(Br)cc1-c1n[nH]c(C2CCCCC2)n1. The van der Waals surface area contributed by atoms with Crippen LogP contribution in [-0.2, 0) is 0 Å². The van der Waals surface area contributed by atoms with E-state index in [1.54, 1.807) is 0 Å². The molecule has 0 spiro atoms. The number of benzene rings is 1. The van der Waals surface area contributed by atoms with Crippen LogP contribution in [0, 0.1) is 0 Å². The zero-order valence-electron chi connectivity index (χ0n) is 10.7. The Morgan fingerprint density at radius 2 is 2.00 bits per heavy atom. The van der Waals surface area contributed by atoms with Crippen LogP contribution in [0.15, 0.2) is 22.7 Å². The lowest BCUT2D eigenvalue weighted by molar-refractivity contribution is 0.429. The molecule has 0 amide bonds. The topological polar surface area (TPSA) is 67.6 Å². The summed E-state index contributed by atoms with van der Waals surface area (Å²) in [6, 6.07) is 5.76. The first kappa shape index (κ1) is 12.7. The van der Waals surface area contributed by atoms with Crippen molar-refractivity contribution in [1.29, 1.82) is 0 Å². The fraction of sp³-hybridized carbons (Fsp3) is 0.429. The first-order valence-electron chi connectivity index (χ1n) is 6.72. The van der Waals surface area contributed by atoms with Crippen molar-refractivity contribution in [1.82, 2.24) is 15.2 Å². The average molecular weight is 321 g/mol. The Morgan fingerprint density at radius 1 is 1.21 bits per heavy atom. The lowest BCUT2D eigenvalue weighted by Crippen LogP contribution is -2.06. The molecule has 2 aromatic rings. The van der Waals surface area contributed by atoms with E-state index in [1.165, 1.54) is 32.1 Å². The molecule has 1 fully saturated rings. The normalized spacial score (nSPS) is 16.7. The van der Waals surface area contributed by atoms with Gasteiger partial charge in [0.2, 0.25) is 0 Å². The van der Waals surface area contributed by atoms with Crippen LogP contribution in [0.4, 0.5) is 5.69 Å². The van der Waals surface area contributed by atoms with Crippen molar-refractivity contribution < 1.29 is 0 Å². The minimum absolute atomic E-state index is 0.531. The van der Waals surface area contributed by atoms with Gasteiger partial charge in [-0.05, 0) is 31.0 Å². The minimum atomic E-state index is 0.531. The van der Waals surface area contributed by atoms with Crippen LogP contribution < -0.4 is 5.73 Å². The van der Waals surface area contributed by atoms with Crippen LogP contribution in [0.3, 0.4) is 0 Å². The lowest BCUT2D eigenvalue weighted by Gasteiger charge is -2.18. The smallest absolute Gasteiger partial charge is 0.183 e. The van der Waals surface area contributed by atoms with Gasteiger partial charge < -0.3 is 5.73 Å². The molecule has 4 nitrogen and oxygen atoms in total. The first-order valence-corrected chi connectivity index (χ1v) is 7.51. The molecule has 1 aromatic heterocycles. The van der Waals surface area contributed by atoms with Crippen LogP contribution in [0.2, 0.25) is 0 Å². The van der Waals surface area contributed by atoms with E-state index in [0.29, 0.717) is 17.4 Å². The molecule has 100 valence electrons. The second kappa shape index (κ2) is 5.33. The Morgan fingerprint density at radius 3 is 2.79 bits per heavy atom. The summed E-state index contributed by atoms with van der Waals surface area (Å²) >= 11 is 3.46. The van der Waals surface area contributed by atoms with Crippen LogP contribution in [0.1, 0.15) is 43.8 Å². The van der Waals surface area contributed by atoms with Gasteiger partial charge in [0.15, 0.2) is 5.82 Å². The fourth-order valence-electron chi connectivity index (χ4n) is 2.68. The van der Waals surface area contributed by atoms with Crippen molar-refractivity contribution in [2.45, 2.75) is 38.0 Å². The molecule has 1 heterocycles. The van der Waals surface area contributed by atoms with Crippen molar-refractivity contribution in [2.75, 3.05) is 5.73 Å². The summed E-state index contributed by atoms with van der Waals surface area (Å²) in [5.41, 5.74) is 7.58. The minimum Gasteiger partial charge on any atom is -0.398 e. The molecule has 0 atom stereocenters. The number of nitrogen functional groups attached to an aromatic ring is 1. The number of hydrogen-bond acceptors (Lipinski definition) is 3. The largest absolute Gasteiger partial charge is 0.398 e. The summed E-state index contributed by atoms with van der Waals surface area (Å²) in [7, 11) is 0. The van der Waals surface area contributed by atoms with E-state index in [4.69, 9.17) is 5.73 Å². The monoisotopic (exact) mass is 320 g/mol. The van der Waals surface area contributed by atoms with Gasteiger partial charge in [0.05, 0.1) is 0 Å². The highest BCUT2D eigenvalue weighted by molar-refractivity contribution is 9.10. The molecule has 1 aliphatic carbocycles. The van der Waals surface area contributed by atoms with Crippen LogP contribution in [0.5, 0.6) is 0 Å². The standard InChI is InChI=1S/C14H17BrN4/c15-10-6-7-12(16)11(8-10)14-17-13(18-19-14)9-4-2-1-3-5-9/h6-9H,1-5,16H2,(H,17,18,19). The molecule has 0 radical (unpaired) electrons. The number of H-pyrrole nitrogens is 1. The number of nitrogens with zero attached hydrogens (tertiary/aromatic N) is 2. The number of halogens is 1. The van der Waals surface area contributed by atoms with Crippen molar-refractivity contribution in [3.8, 4) is 11.4 Å². The summed E-state index contributed by atoms with van der Waals surface area (Å²) in [4.78, 5) is 4.64. The predicted molar refractivity (Wildman–Crippen MR) is 79.8 cm³/mol. The maximum atomic E-state index is 5.99. The summed E-state index contributed by atoms with van der Waals surface area (Å²) in [6.07, 6.45) is 6.35. The Hall–Kier alpha value is -1.36. The number of nitrogens with one attached hydrogen (secondary N) is 1. The number of aromatic nitrogens is 3. The average Bonchev–Trinajstić information content (AvgIpc) is 2.92. The first-order chi connectivity index (χ1) is 9.24. The highest BCUT2D eigenvalue weighted by Gasteiger charge is 2.20. The van der Waals surface area contributed by atoms with Gasteiger partial charge in [-0.2, -0.15) is 5.10 Å². The Kier molecular flexibility index (Phi) is 3.55. The quantitative estimate of drug-likeness (QED) is 0.825. The number of rotatable bonds is 2. The van der Waals surface area contributed by atoms with Gasteiger partial charge in [-0.1, -0.05) is 35.2 Å².